The molecule has 0 aliphatic rings. The molecule has 0 heterocycles. The molecule has 0 saturated carbocycles. The SMILES string of the molecule is CCCCSC(C)C(=O)NCCCCC(=O)O. The number of nitrogens with one attached hydrogen (secondary N) is 1. The molecule has 0 fully saturated rings. The van der Waals surface area contributed by atoms with Gasteiger partial charge >= 0.3 is 5.97 Å². The minimum Gasteiger partial charge on any atom is -0.481 e. The molecule has 1 amide bonds. The van der Waals surface area contributed by atoms with E-state index in [-0.39, 0.29) is 17.6 Å². The Hall–Kier alpha value is -0.710. The van der Waals surface area contributed by atoms with Crippen LogP contribution in [-0.2, 0) is 9.59 Å². The van der Waals surface area contributed by atoms with Gasteiger partial charge in [0.05, 0.1) is 5.25 Å². The van der Waals surface area contributed by atoms with E-state index in [1.807, 2.05) is 6.92 Å². The highest BCUT2D eigenvalue weighted by molar-refractivity contribution is 8.00. The largest absolute Gasteiger partial charge is 0.481 e. The van der Waals surface area contributed by atoms with Gasteiger partial charge < -0.3 is 10.4 Å². The molecule has 5 heteroatoms. The van der Waals surface area contributed by atoms with Gasteiger partial charge in [-0.15, -0.1) is 11.8 Å². The topological polar surface area (TPSA) is 66.4 Å². The van der Waals surface area contributed by atoms with E-state index in [4.69, 9.17) is 5.11 Å². The minimum atomic E-state index is -0.778. The first kappa shape index (κ1) is 16.3. The first-order chi connectivity index (χ1) is 8.07. The van der Waals surface area contributed by atoms with Gasteiger partial charge in [-0.25, -0.2) is 0 Å². The average Bonchev–Trinajstić information content (AvgIpc) is 2.28. The number of unbranched alkanes of at least 4 members (excludes halogenated alkanes) is 2. The Morgan fingerprint density at radius 1 is 1.29 bits per heavy atom. The van der Waals surface area contributed by atoms with Gasteiger partial charge in [0.25, 0.3) is 0 Å². The van der Waals surface area contributed by atoms with E-state index in [2.05, 4.69) is 12.2 Å². The predicted molar refractivity (Wildman–Crippen MR) is 71.3 cm³/mol. The summed E-state index contributed by atoms with van der Waals surface area (Å²) in [5, 5.41) is 11.3. The number of aliphatic carboxylic acids is 1. The Morgan fingerprint density at radius 3 is 2.59 bits per heavy atom. The molecule has 0 radical (unpaired) electrons. The van der Waals surface area contributed by atoms with Gasteiger partial charge in [0.2, 0.25) is 5.91 Å². The third-order valence-electron chi connectivity index (χ3n) is 2.35. The standard InChI is InChI=1S/C12H23NO3S/c1-3-4-9-17-10(2)12(16)13-8-6-5-7-11(14)15/h10H,3-9H2,1-2H3,(H,13,16)(H,14,15). The fourth-order valence-corrected chi connectivity index (χ4v) is 2.28. The van der Waals surface area contributed by atoms with Gasteiger partial charge in [-0.2, -0.15) is 0 Å². The number of amides is 1. The van der Waals surface area contributed by atoms with E-state index in [1.54, 1.807) is 11.8 Å². The molecule has 0 bridgehead atoms. The highest BCUT2D eigenvalue weighted by Crippen LogP contribution is 2.12. The van der Waals surface area contributed by atoms with Gasteiger partial charge in [0.15, 0.2) is 0 Å². The first-order valence-electron chi connectivity index (χ1n) is 6.19. The highest BCUT2D eigenvalue weighted by Gasteiger charge is 2.11. The van der Waals surface area contributed by atoms with Crippen LogP contribution in [0.15, 0.2) is 0 Å². The van der Waals surface area contributed by atoms with Crippen LogP contribution in [0, 0.1) is 0 Å². The van der Waals surface area contributed by atoms with Crippen LogP contribution in [0.5, 0.6) is 0 Å². The number of carboxylic acids is 1. The lowest BCUT2D eigenvalue weighted by molar-refractivity contribution is -0.137. The number of hydrogen-bond donors (Lipinski definition) is 2. The van der Waals surface area contributed by atoms with E-state index in [1.165, 1.54) is 0 Å². The van der Waals surface area contributed by atoms with E-state index >= 15 is 0 Å². The van der Waals surface area contributed by atoms with Crippen LogP contribution < -0.4 is 5.32 Å². The van der Waals surface area contributed by atoms with E-state index in [9.17, 15) is 9.59 Å². The van der Waals surface area contributed by atoms with Crippen molar-refractivity contribution in [1.82, 2.24) is 5.32 Å². The molecule has 2 N–H and O–H groups in total. The molecule has 4 nitrogen and oxygen atoms in total. The molecule has 1 unspecified atom stereocenters. The number of carbonyl (C=O) groups is 2. The van der Waals surface area contributed by atoms with Crippen molar-refractivity contribution in [3.63, 3.8) is 0 Å². The van der Waals surface area contributed by atoms with Gasteiger partial charge in [-0.3, -0.25) is 9.59 Å². The summed E-state index contributed by atoms with van der Waals surface area (Å²) >= 11 is 1.67. The van der Waals surface area contributed by atoms with Gasteiger partial charge in [0, 0.05) is 13.0 Å². The van der Waals surface area contributed by atoms with Crippen LogP contribution in [0.25, 0.3) is 0 Å². The second-order valence-corrected chi connectivity index (χ2v) is 5.46. The molecule has 0 rings (SSSR count). The fourth-order valence-electron chi connectivity index (χ4n) is 1.24. The first-order valence-corrected chi connectivity index (χ1v) is 7.24. The summed E-state index contributed by atoms with van der Waals surface area (Å²) in [6.45, 7) is 4.62. The molecule has 0 aromatic carbocycles. The smallest absolute Gasteiger partial charge is 0.303 e. The normalized spacial score (nSPS) is 12.1. The molecule has 100 valence electrons. The van der Waals surface area contributed by atoms with Gasteiger partial charge in [-0.1, -0.05) is 13.3 Å². The van der Waals surface area contributed by atoms with Crippen molar-refractivity contribution < 1.29 is 14.7 Å². The maximum absolute atomic E-state index is 11.6. The summed E-state index contributed by atoms with van der Waals surface area (Å²) in [6, 6.07) is 0. The molecular formula is C12H23NO3S. The van der Waals surface area contributed by atoms with Crippen LogP contribution in [0.3, 0.4) is 0 Å². The molecule has 0 aliphatic carbocycles. The Morgan fingerprint density at radius 2 is 2.00 bits per heavy atom. The maximum atomic E-state index is 11.6. The zero-order chi connectivity index (χ0) is 13.1. The average molecular weight is 261 g/mol. The summed E-state index contributed by atoms with van der Waals surface area (Å²) in [7, 11) is 0. The van der Waals surface area contributed by atoms with Crippen molar-refractivity contribution in [1.29, 1.82) is 0 Å². The quantitative estimate of drug-likeness (QED) is 0.592. The number of thioether (sulfide) groups is 1. The molecule has 0 aromatic heterocycles. The Kier molecular flexibility index (Phi) is 10.0. The van der Waals surface area contributed by atoms with Gasteiger partial charge in [0.1, 0.15) is 0 Å². The third kappa shape index (κ3) is 10.2. The van der Waals surface area contributed by atoms with Crippen LogP contribution in [-0.4, -0.2) is 34.5 Å². The molecular weight excluding hydrogens is 238 g/mol. The summed E-state index contributed by atoms with van der Waals surface area (Å²) in [6.07, 6.45) is 3.81. The highest BCUT2D eigenvalue weighted by atomic mass is 32.2. The zero-order valence-electron chi connectivity index (χ0n) is 10.7. The number of hydrogen-bond acceptors (Lipinski definition) is 3. The maximum Gasteiger partial charge on any atom is 0.303 e. The van der Waals surface area contributed by atoms with Crippen LogP contribution in [0.4, 0.5) is 0 Å². The minimum absolute atomic E-state index is 0.0129. The Labute approximate surface area is 108 Å². The van der Waals surface area contributed by atoms with Crippen molar-refractivity contribution >= 4 is 23.6 Å². The Bertz CT molecular complexity index is 234. The molecule has 0 aliphatic heterocycles. The lowest BCUT2D eigenvalue weighted by Crippen LogP contribution is -2.31. The van der Waals surface area contributed by atoms with Crippen LogP contribution >= 0.6 is 11.8 Å². The van der Waals surface area contributed by atoms with Crippen molar-refractivity contribution in [2.45, 2.75) is 51.2 Å². The second-order valence-electron chi connectivity index (χ2n) is 4.01. The van der Waals surface area contributed by atoms with Crippen LogP contribution in [0.1, 0.15) is 46.0 Å². The molecule has 0 aromatic rings. The fraction of sp³-hybridized carbons (Fsp3) is 0.833. The lowest BCUT2D eigenvalue weighted by atomic mass is 10.2. The number of carbonyl (C=O) groups excluding carboxylic acids is 1. The lowest BCUT2D eigenvalue weighted by Gasteiger charge is -2.11. The summed E-state index contributed by atoms with van der Waals surface area (Å²) in [5.74, 6) is 0.297. The van der Waals surface area contributed by atoms with Crippen LogP contribution in [0.2, 0.25) is 0 Å². The van der Waals surface area contributed by atoms with Crippen molar-refractivity contribution in [3.8, 4) is 0 Å². The molecule has 0 saturated heterocycles. The summed E-state index contributed by atoms with van der Waals surface area (Å²) in [4.78, 5) is 21.8. The van der Waals surface area contributed by atoms with E-state index in [0.717, 1.165) is 25.0 Å². The molecule has 1 atom stereocenters. The Balaban J connectivity index is 3.47. The molecule has 17 heavy (non-hydrogen) atoms. The predicted octanol–water partition coefficient (Wildman–Crippen LogP) is 2.28. The monoisotopic (exact) mass is 261 g/mol. The van der Waals surface area contributed by atoms with Crippen molar-refractivity contribution in [2.75, 3.05) is 12.3 Å². The van der Waals surface area contributed by atoms with Crippen molar-refractivity contribution in [3.05, 3.63) is 0 Å². The number of rotatable bonds is 10. The summed E-state index contributed by atoms with van der Waals surface area (Å²) < 4.78 is 0. The third-order valence-corrected chi connectivity index (χ3v) is 3.59. The van der Waals surface area contributed by atoms with Gasteiger partial charge in [-0.05, 0) is 31.9 Å². The van der Waals surface area contributed by atoms with Crippen molar-refractivity contribution in [2.24, 2.45) is 0 Å². The number of carboxylic acid groups (broad SMARTS) is 1. The zero-order valence-corrected chi connectivity index (χ0v) is 11.5. The second kappa shape index (κ2) is 10.4. The van der Waals surface area contributed by atoms with E-state index in [0.29, 0.717) is 13.0 Å². The molecule has 0 spiro atoms. The van der Waals surface area contributed by atoms with E-state index < -0.39 is 5.97 Å². The summed E-state index contributed by atoms with van der Waals surface area (Å²) in [5.41, 5.74) is 0.